The van der Waals surface area contributed by atoms with E-state index in [9.17, 15) is 24.5 Å². The van der Waals surface area contributed by atoms with E-state index in [1.54, 1.807) is 0 Å². The van der Waals surface area contributed by atoms with E-state index in [1.165, 1.54) is 12.3 Å². The number of carbonyl (C=O) groups excluding carboxylic acids is 3. The molecule has 180 valence electrons. The number of rotatable bonds is 6. The lowest BCUT2D eigenvalue weighted by atomic mass is 9.96. The smallest absolute Gasteiger partial charge is 0.312 e. The molecule has 4 aromatic rings. The first-order valence-corrected chi connectivity index (χ1v) is 10.6. The Balaban J connectivity index is 1.58. The van der Waals surface area contributed by atoms with Crippen LogP contribution in [0.4, 0.5) is 5.69 Å². The number of ether oxygens (including phenoxy) is 1. The SMILES string of the molecule is CC(=O)Oc1ccc(C(=O)NNC(=O)c2occ(-c3ccccc3)c2-c2ccccc2)cc1[N+](=O)[O-]. The number of esters is 1. The number of amides is 2. The number of nitrogens with one attached hydrogen (secondary N) is 2. The number of hydrazine groups is 1. The minimum Gasteiger partial charge on any atom is -0.458 e. The first-order valence-electron chi connectivity index (χ1n) is 10.6. The molecule has 1 heterocycles. The van der Waals surface area contributed by atoms with E-state index >= 15 is 0 Å². The molecule has 3 aromatic carbocycles. The van der Waals surface area contributed by atoms with E-state index in [0.29, 0.717) is 11.1 Å². The van der Waals surface area contributed by atoms with E-state index in [4.69, 9.17) is 9.15 Å². The van der Waals surface area contributed by atoms with E-state index in [1.807, 2.05) is 60.7 Å². The van der Waals surface area contributed by atoms with Crippen molar-refractivity contribution in [3.05, 3.63) is 107 Å². The van der Waals surface area contributed by atoms with Gasteiger partial charge in [0, 0.05) is 29.7 Å². The standard InChI is InChI=1S/C26H19N3O7/c1-16(30)36-22-13-12-19(14-21(22)29(33)34)25(31)27-28-26(32)24-23(18-10-6-3-7-11-18)20(15-35-24)17-8-4-2-5-9-17/h2-15H,1H3,(H,27,31)(H,28,32). The normalized spacial score (nSPS) is 10.4. The molecule has 10 nitrogen and oxygen atoms in total. The number of benzene rings is 3. The minimum atomic E-state index is -0.822. The summed E-state index contributed by atoms with van der Waals surface area (Å²) >= 11 is 0. The summed E-state index contributed by atoms with van der Waals surface area (Å²) in [7, 11) is 0. The van der Waals surface area contributed by atoms with Gasteiger partial charge in [-0.15, -0.1) is 0 Å². The van der Waals surface area contributed by atoms with Crippen LogP contribution < -0.4 is 15.6 Å². The van der Waals surface area contributed by atoms with Crippen molar-refractivity contribution in [2.75, 3.05) is 0 Å². The van der Waals surface area contributed by atoms with Gasteiger partial charge >= 0.3 is 17.6 Å². The minimum absolute atomic E-state index is 0.0310. The highest BCUT2D eigenvalue weighted by Gasteiger charge is 2.24. The van der Waals surface area contributed by atoms with Gasteiger partial charge in [-0.25, -0.2) is 0 Å². The first-order chi connectivity index (χ1) is 17.3. The highest BCUT2D eigenvalue weighted by atomic mass is 16.6. The molecule has 0 fully saturated rings. The molecule has 0 unspecified atom stereocenters. The van der Waals surface area contributed by atoms with Crippen LogP contribution in [0.3, 0.4) is 0 Å². The Labute approximate surface area is 204 Å². The molecule has 0 atom stereocenters. The molecule has 10 heteroatoms. The van der Waals surface area contributed by atoms with Gasteiger partial charge in [0.2, 0.25) is 11.5 Å². The quantitative estimate of drug-likeness (QED) is 0.177. The monoisotopic (exact) mass is 485 g/mol. The molecular formula is C26H19N3O7. The molecular weight excluding hydrogens is 466 g/mol. The number of hydrogen-bond donors (Lipinski definition) is 2. The van der Waals surface area contributed by atoms with Gasteiger partial charge in [-0.1, -0.05) is 60.7 Å². The topological polar surface area (TPSA) is 141 Å². The van der Waals surface area contributed by atoms with Crippen LogP contribution in [0, 0.1) is 10.1 Å². The number of hydrogen-bond acceptors (Lipinski definition) is 7. The Bertz CT molecular complexity index is 1450. The van der Waals surface area contributed by atoms with Crippen LogP contribution in [0.2, 0.25) is 0 Å². The van der Waals surface area contributed by atoms with E-state index in [0.717, 1.165) is 30.2 Å². The fourth-order valence-corrected chi connectivity index (χ4v) is 3.53. The van der Waals surface area contributed by atoms with Crippen molar-refractivity contribution in [1.82, 2.24) is 10.9 Å². The fourth-order valence-electron chi connectivity index (χ4n) is 3.53. The van der Waals surface area contributed by atoms with E-state index in [2.05, 4.69) is 10.9 Å². The second-order valence-corrected chi connectivity index (χ2v) is 7.53. The second-order valence-electron chi connectivity index (χ2n) is 7.53. The Morgan fingerprint density at radius 3 is 2.08 bits per heavy atom. The molecule has 0 saturated heterocycles. The summed E-state index contributed by atoms with van der Waals surface area (Å²) < 4.78 is 10.4. The van der Waals surface area contributed by atoms with Gasteiger partial charge < -0.3 is 9.15 Å². The zero-order valence-corrected chi connectivity index (χ0v) is 18.9. The molecule has 2 amide bonds. The molecule has 36 heavy (non-hydrogen) atoms. The van der Waals surface area contributed by atoms with Crippen LogP contribution in [0.15, 0.2) is 89.5 Å². The highest BCUT2D eigenvalue weighted by Crippen LogP contribution is 2.36. The molecule has 2 N–H and O–H groups in total. The molecule has 0 bridgehead atoms. The summed E-state index contributed by atoms with van der Waals surface area (Å²) in [5, 5.41) is 11.3. The van der Waals surface area contributed by atoms with Gasteiger partial charge in [0.1, 0.15) is 0 Å². The van der Waals surface area contributed by atoms with Gasteiger partial charge in [0.15, 0.2) is 0 Å². The Kier molecular flexibility index (Phi) is 6.87. The summed E-state index contributed by atoms with van der Waals surface area (Å²) in [6, 6.07) is 21.8. The lowest BCUT2D eigenvalue weighted by Crippen LogP contribution is -2.41. The van der Waals surface area contributed by atoms with Gasteiger partial charge in [0.25, 0.3) is 5.91 Å². The van der Waals surface area contributed by atoms with Crippen LogP contribution in [0.25, 0.3) is 22.3 Å². The van der Waals surface area contributed by atoms with E-state index in [-0.39, 0.29) is 17.1 Å². The Morgan fingerprint density at radius 1 is 0.861 bits per heavy atom. The summed E-state index contributed by atoms with van der Waals surface area (Å²) in [5.41, 5.74) is 6.59. The maximum absolute atomic E-state index is 13.0. The van der Waals surface area contributed by atoms with Crippen molar-refractivity contribution in [3.8, 4) is 28.0 Å². The van der Waals surface area contributed by atoms with Crippen molar-refractivity contribution in [3.63, 3.8) is 0 Å². The average Bonchev–Trinajstić information content (AvgIpc) is 3.33. The summed E-state index contributed by atoms with van der Waals surface area (Å²) in [6.07, 6.45) is 1.46. The van der Waals surface area contributed by atoms with Gasteiger partial charge in [0.05, 0.1) is 11.2 Å². The van der Waals surface area contributed by atoms with Crippen LogP contribution in [-0.4, -0.2) is 22.7 Å². The zero-order valence-electron chi connectivity index (χ0n) is 18.9. The summed E-state index contributed by atoms with van der Waals surface area (Å²) in [4.78, 5) is 47.3. The number of nitrogens with zero attached hydrogens (tertiary/aromatic N) is 1. The Morgan fingerprint density at radius 2 is 1.47 bits per heavy atom. The number of carbonyl (C=O) groups is 3. The molecule has 0 aliphatic rings. The molecule has 0 aliphatic heterocycles. The molecule has 0 radical (unpaired) electrons. The summed E-state index contributed by atoms with van der Waals surface area (Å²) in [5.74, 6) is -2.63. The third-order valence-corrected chi connectivity index (χ3v) is 5.11. The van der Waals surface area contributed by atoms with Crippen molar-refractivity contribution in [1.29, 1.82) is 0 Å². The third kappa shape index (κ3) is 5.12. The molecule has 1 aromatic heterocycles. The van der Waals surface area contributed by atoms with Crippen molar-refractivity contribution in [2.45, 2.75) is 6.92 Å². The zero-order chi connectivity index (χ0) is 25.7. The lowest BCUT2D eigenvalue weighted by molar-refractivity contribution is -0.385. The van der Waals surface area contributed by atoms with Crippen molar-refractivity contribution < 1.29 is 28.5 Å². The maximum Gasteiger partial charge on any atom is 0.312 e. The third-order valence-electron chi connectivity index (χ3n) is 5.11. The molecule has 0 spiro atoms. The van der Waals surface area contributed by atoms with E-state index < -0.39 is 28.4 Å². The number of furan rings is 1. The van der Waals surface area contributed by atoms with Gasteiger partial charge in [-0.2, -0.15) is 0 Å². The second kappa shape index (κ2) is 10.3. The summed E-state index contributed by atoms with van der Waals surface area (Å²) in [6.45, 7) is 1.10. The molecule has 4 rings (SSSR count). The number of nitro groups is 1. The molecule has 0 aliphatic carbocycles. The van der Waals surface area contributed by atoms with Crippen molar-refractivity contribution in [2.24, 2.45) is 0 Å². The van der Waals surface area contributed by atoms with Gasteiger partial charge in [-0.05, 0) is 23.3 Å². The van der Waals surface area contributed by atoms with Crippen LogP contribution in [0.5, 0.6) is 5.75 Å². The predicted octanol–water partition coefficient (Wildman–Crippen LogP) is 4.52. The Hall–Kier alpha value is -5.25. The average molecular weight is 485 g/mol. The largest absolute Gasteiger partial charge is 0.458 e. The van der Waals surface area contributed by atoms with Crippen LogP contribution in [-0.2, 0) is 4.79 Å². The number of nitro benzene ring substituents is 1. The van der Waals surface area contributed by atoms with Gasteiger partial charge in [-0.3, -0.25) is 35.3 Å². The van der Waals surface area contributed by atoms with Crippen molar-refractivity contribution >= 4 is 23.5 Å². The molecule has 0 saturated carbocycles. The first kappa shape index (κ1) is 23.9. The fraction of sp³-hybridized carbons (Fsp3) is 0.0385. The lowest BCUT2D eigenvalue weighted by Gasteiger charge is -2.09. The highest BCUT2D eigenvalue weighted by molar-refractivity contribution is 6.04. The predicted molar refractivity (Wildman–Crippen MR) is 129 cm³/mol. The van der Waals surface area contributed by atoms with Crippen LogP contribution >= 0.6 is 0 Å². The van der Waals surface area contributed by atoms with Crippen LogP contribution in [0.1, 0.15) is 27.8 Å². The maximum atomic E-state index is 13.0.